The summed E-state index contributed by atoms with van der Waals surface area (Å²) < 4.78 is 0. The van der Waals surface area contributed by atoms with E-state index in [1.807, 2.05) is 21.7 Å². The highest BCUT2D eigenvalue weighted by Crippen LogP contribution is 2.31. The lowest BCUT2D eigenvalue weighted by atomic mass is 10.00. The molecule has 0 radical (unpaired) electrons. The highest BCUT2D eigenvalue weighted by molar-refractivity contribution is 7.08. The zero-order valence-corrected chi connectivity index (χ0v) is 14.9. The van der Waals surface area contributed by atoms with Crippen molar-refractivity contribution in [2.24, 2.45) is 0 Å². The Kier molecular flexibility index (Phi) is 4.62. The van der Waals surface area contributed by atoms with Gasteiger partial charge in [-0.15, -0.1) is 0 Å². The second kappa shape index (κ2) is 7.21. The summed E-state index contributed by atoms with van der Waals surface area (Å²) in [5.74, 6) is 0.501. The molecule has 1 atom stereocenters. The third-order valence-corrected chi connectivity index (χ3v) is 5.27. The summed E-state index contributed by atoms with van der Waals surface area (Å²) in [7, 11) is 0. The first-order valence-corrected chi connectivity index (χ1v) is 9.51. The van der Waals surface area contributed by atoms with Crippen LogP contribution in [-0.2, 0) is 0 Å². The first kappa shape index (κ1) is 16.7. The van der Waals surface area contributed by atoms with Gasteiger partial charge < -0.3 is 9.88 Å². The molecule has 1 N–H and O–H groups in total. The van der Waals surface area contributed by atoms with Crippen molar-refractivity contribution in [2.45, 2.75) is 25.3 Å². The first-order chi connectivity index (χ1) is 12.7. The Bertz CT molecular complexity index is 953. The lowest BCUT2D eigenvalue weighted by Gasteiger charge is -2.35. The van der Waals surface area contributed by atoms with Crippen LogP contribution in [-0.4, -0.2) is 32.3 Å². The molecule has 3 aromatic rings. The minimum Gasteiger partial charge on any atom is -0.328 e. The number of nitrogens with zero attached hydrogens (tertiary/aromatic N) is 3. The monoisotopic (exact) mass is 366 g/mol. The minimum atomic E-state index is -0.226. The van der Waals surface area contributed by atoms with Crippen molar-refractivity contribution in [1.82, 2.24) is 19.9 Å². The van der Waals surface area contributed by atoms with Crippen molar-refractivity contribution >= 4 is 17.2 Å². The Morgan fingerprint density at radius 2 is 2.08 bits per heavy atom. The number of amides is 1. The molecule has 1 fully saturated rings. The summed E-state index contributed by atoms with van der Waals surface area (Å²) in [6.07, 6.45) is 5.96. The molecule has 132 valence electrons. The molecule has 6 nitrogen and oxygen atoms in total. The van der Waals surface area contributed by atoms with E-state index < -0.39 is 0 Å². The molecule has 1 saturated heterocycles. The first-order valence-electron chi connectivity index (χ1n) is 8.57. The lowest BCUT2D eigenvalue weighted by molar-refractivity contribution is 0.0599. The van der Waals surface area contributed by atoms with Gasteiger partial charge in [0.1, 0.15) is 5.82 Å². The van der Waals surface area contributed by atoms with Crippen molar-refractivity contribution in [3.8, 4) is 11.3 Å². The molecule has 4 rings (SSSR count). The number of thiophene rings is 1. The highest BCUT2D eigenvalue weighted by atomic mass is 32.1. The summed E-state index contributed by atoms with van der Waals surface area (Å²) in [5.41, 5.74) is 1.97. The van der Waals surface area contributed by atoms with Gasteiger partial charge in [0.05, 0.1) is 11.7 Å². The van der Waals surface area contributed by atoms with Crippen LogP contribution in [0.15, 0.2) is 52.2 Å². The standard InChI is InChI=1S/C19H18N4O2S/c24-17-11-15(14-6-10-26-12-14)21-18(22-17)16-3-1-2-9-23(16)19(25)13-4-7-20-8-5-13/h4-8,10-12,16H,1-3,9H2,(H,21,22,24)/t16-/m1/s1. The van der Waals surface area contributed by atoms with Crippen LogP contribution in [0.25, 0.3) is 11.3 Å². The molecule has 0 unspecified atom stereocenters. The highest BCUT2D eigenvalue weighted by Gasteiger charge is 2.30. The third-order valence-electron chi connectivity index (χ3n) is 4.58. The van der Waals surface area contributed by atoms with Crippen molar-refractivity contribution < 1.29 is 4.79 Å². The zero-order valence-electron chi connectivity index (χ0n) is 14.1. The van der Waals surface area contributed by atoms with Gasteiger partial charge in [-0.2, -0.15) is 11.3 Å². The van der Waals surface area contributed by atoms with Gasteiger partial charge in [0, 0.05) is 41.5 Å². The molecule has 1 aliphatic heterocycles. The van der Waals surface area contributed by atoms with E-state index in [1.54, 1.807) is 35.9 Å². The van der Waals surface area contributed by atoms with E-state index >= 15 is 0 Å². The summed E-state index contributed by atoms with van der Waals surface area (Å²) in [4.78, 5) is 38.5. The van der Waals surface area contributed by atoms with Gasteiger partial charge in [0.2, 0.25) is 0 Å². The molecule has 7 heteroatoms. The zero-order chi connectivity index (χ0) is 17.9. The fourth-order valence-corrected chi connectivity index (χ4v) is 3.96. The number of piperidine rings is 1. The van der Waals surface area contributed by atoms with E-state index in [4.69, 9.17) is 0 Å². The van der Waals surface area contributed by atoms with Gasteiger partial charge in [-0.3, -0.25) is 14.6 Å². The number of aromatic amines is 1. The molecular formula is C19H18N4O2S. The fraction of sp³-hybridized carbons (Fsp3) is 0.263. The molecule has 26 heavy (non-hydrogen) atoms. The SMILES string of the molecule is O=C(c1ccncc1)N1CCCC[C@@H]1c1nc(-c2ccsc2)cc(=O)[nH]1. The number of carbonyl (C=O) groups is 1. The van der Waals surface area contributed by atoms with E-state index in [2.05, 4.69) is 15.0 Å². The number of carbonyl (C=O) groups excluding carboxylic acids is 1. The number of nitrogens with one attached hydrogen (secondary N) is 1. The number of rotatable bonds is 3. The van der Waals surface area contributed by atoms with Gasteiger partial charge >= 0.3 is 0 Å². The average Bonchev–Trinajstić information content (AvgIpc) is 3.22. The summed E-state index contributed by atoms with van der Waals surface area (Å²) >= 11 is 1.56. The Hall–Kier alpha value is -2.80. The molecule has 1 amide bonds. The minimum absolute atomic E-state index is 0.0549. The van der Waals surface area contributed by atoms with Gasteiger partial charge in [-0.1, -0.05) is 0 Å². The van der Waals surface area contributed by atoms with E-state index in [-0.39, 0.29) is 17.5 Å². The van der Waals surface area contributed by atoms with Gasteiger partial charge in [0.15, 0.2) is 0 Å². The van der Waals surface area contributed by atoms with Crippen LogP contribution in [0.5, 0.6) is 0 Å². The quantitative estimate of drug-likeness (QED) is 0.772. The molecular weight excluding hydrogens is 348 g/mol. The number of aromatic nitrogens is 3. The second-order valence-corrected chi connectivity index (χ2v) is 7.05. The third kappa shape index (κ3) is 3.30. The molecule has 1 aliphatic rings. The van der Waals surface area contributed by atoms with E-state index in [9.17, 15) is 9.59 Å². The van der Waals surface area contributed by atoms with Crippen LogP contribution in [0.3, 0.4) is 0 Å². The van der Waals surface area contributed by atoms with Crippen molar-refractivity contribution in [2.75, 3.05) is 6.54 Å². The summed E-state index contributed by atoms with van der Waals surface area (Å²) in [6, 6.07) is 6.65. The second-order valence-electron chi connectivity index (χ2n) is 6.27. The maximum Gasteiger partial charge on any atom is 0.254 e. The van der Waals surface area contributed by atoms with E-state index in [1.165, 1.54) is 6.07 Å². The summed E-state index contributed by atoms with van der Waals surface area (Å²) in [6.45, 7) is 0.651. The largest absolute Gasteiger partial charge is 0.328 e. The molecule has 0 aliphatic carbocycles. The Balaban J connectivity index is 1.71. The fourth-order valence-electron chi connectivity index (χ4n) is 3.31. The number of pyridine rings is 1. The van der Waals surface area contributed by atoms with Crippen LogP contribution in [0.4, 0.5) is 0 Å². The smallest absolute Gasteiger partial charge is 0.254 e. The number of H-pyrrole nitrogens is 1. The van der Waals surface area contributed by atoms with Crippen LogP contribution in [0, 0.1) is 0 Å². The van der Waals surface area contributed by atoms with Crippen LogP contribution in [0.1, 0.15) is 41.5 Å². The predicted molar refractivity (Wildman–Crippen MR) is 100 cm³/mol. The number of hydrogen-bond donors (Lipinski definition) is 1. The molecule has 0 bridgehead atoms. The molecule has 0 aromatic carbocycles. The number of hydrogen-bond acceptors (Lipinski definition) is 5. The summed E-state index contributed by atoms with van der Waals surface area (Å²) in [5, 5.41) is 3.92. The molecule has 0 spiro atoms. The average molecular weight is 366 g/mol. The van der Waals surface area contributed by atoms with Crippen LogP contribution >= 0.6 is 11.3 Å². The molecule has 4 heterocycles. The van der Waals surface area contributed by atoms with Crippen LogP contribution < -0.4 is 5.56 Å². The maximum absolute atomic E-state index is 13.0. The maximum atomic E-state index is 13.0. The topological polar surface area (TPSA) is 79.0 Å². The van der Waals surface area contributed by atoms with Gasteiger partial charge in [-0.05, 0) is 42.8 Å². The Morgan fingerprint density at radius 1 is 1.23 bits per heavy atom. The lowest BCUT2D eigenvalue weighted by Crippen LogP contribution is -2.40. The van der Waals surface area contributed by atoms with E-state index in [0.717, 1.165) is 24.8 Å². The Morgan fingerprint density at radius 3 is 2.85 bits per heavy atom. The van der Waals surface area contributed by atoms with Crippen molar-refractivity contribution in [3.63, 3.8) is 0 Å². The predicted octanol–water partition coefficient (Wildman–Crippen LogP) is 3.26. The number of likely N-dealkylation sites (tertiary alicyclic amines) is 1. The van der Waals surface area contributed by atoms with Crippen LogP contribution in [0.2, 0.25) is 0 Å². The molecule has 3 aromatic heterocycles. The normalized spacial score (nSPS) is 17.2. The Labute approximate surface area is 154 Å². The van der Waals surface area contributed by atoms with Gasteiger partial charge in [0.25, 0.3) is 11.5 Å². The van der Waals surface area contributed by atoms with E-state index in [0.29, 0.717) is 23.6 Å². The molecule has 0 saturated carbocycles. The van der Waals surface area contributed by atoms with Gasteiger partial charge in [-0.25, -0.2) is 4.98 Å². The van der Waals surface area contributed by atoms with Crippen molar-refractivity contribution in [3.05, 3.63) is 69.2 Å². The van der Waals surface area contributed by atoms with Crippen molar-refractivity contribution in [1.29, 1.82) is 0 Å².